The highest BCUT2D eigenvalue weighted by molar-refractivity contribution is 7.47. The molecule has 600 valence electrons. The lowest BCUT2D eigenvalue weighted by Gasteiger charge is -2.21. The summed E-state index contributed by atoms with van der Waals surface area (Å²) in [6.07, 6.45) is 63.5. The molecular weight excluding hydrogens is 1320 g/mol. The molecule has 0 amide bonds. The van der Waals surface area contributed by atoms with Crippen molar-refractivity contribution in [3.8, 4) is 0 Å². The fourth-order valence-corrected chi connectivity index (χ4v) is 14.2. The molecule has 0 fully saturated rings. The van der Waals surface area contributed by atoms with E-state index in [1.807, 2.05) is 0 Å². The highest BCUT2D eigenvalue weighted by atomic mass is 31.2. The Hall–Kier alpha value is -1.94. The van der Waals surface area contributed by atoms with Crippen LogP contribution >= 0.6 is 15.6 Å². The number of rotatable bonds is 81. The van der Waals surface area contributed by atoms with Gasteiger partial charge in [-0.2, -0.15) is 0 Å². The number of carbonyl (C=O) groups excluding carboxylic acids is 4. The molecular formula is C82H160O17P2. The minimum absolute atomic E-state index is 0.108. The van der Waals surface area contributed by atoms with E-state index in [9.17, 15) is 43.2 Å². The molecule has 0 rings (SSSR count). The molecule has 4 unspecified atom stereocenters. The first kappa shape index (κ1) is 99.1. The summed E-state index contributed by atoms with van der Waals surface area (Å²) in [5, 5.41) is 10.7. The Morgan fingerprint density at radius 1 is 0.277 bits per heavy atom. The third-order valence-corrected chi connectivity index (χ3v) is 21.8. The first-order valence-corrected chi connectivity index (χ1v) is 45.6. The average Bonchev–Trinajstić information content (AvgIpc) is 0.971. The number of hydrogen-bond donors (Lipinski definition) is 3. The summed E-state index contributed by atoms with van der Waals surface area (Å²) in [4.78, 5) is 73.1. The van der Waals surface area contributed by atoms with Crippen LogP contribution in [0.4, 0.5) is 0 Å². The molecule has 3 N–H and O–H groups in total. The second-order valence-corrected chi connectivity index (χ2v) is 32.9. The molecule has 101 heavy (non-hydrogen) atoms. The first-order chi connectivity index (χ1) is 48.9. The van der Waals surface area contributed by atoms with Crippen molar-refractivity contribution in [3.05, 3.63) is 0 Å². The number of hydrogen-bond acceptors (Lipinski definition) is 15. The number of phosphoric acid groups is 2. The lowest BCUT2D eigenvalue weighted by Crippen LogP contribution is -2.30. The second-order valence-electron chi connectivity index (χ2n) is 30.0. The Morgan fingerprint density at radius 2 is 0.475 bits per heavy atom. The summed E-state index contributed by atoms with van der Waals surface area (Å²) >= 11 is 0. The largest absolute Gasteiger partial charge is 0.472 e. The Labute approximate surface area is 619 Å². The molecule has 0 saturated carbocycles. The van der Waals surface area contributed by atoms with Crippen LogP contribution in [0, 0.1) is 11.8 Å². The van der Waals surface area contributed by atoms with Crippen LogP contribution in [-0.4, -0.2) is 96.7 Å². The van der Waals surface area contributed by atoms with Crippen LogP contribution in [0.15, 0.2) is 0 Å². The third kappa shape index (κ3) is 73.4. The van der Waals surface area contributed by atoms with Gasteiger partial charge >= 0.3 is 39.5 Å². The molecule has 0 heterocycles. The van der Waals surface area contributed by atoms with E-state index < -0.39 is 97.5 Å². The highest BCUT2D eigenvalue weighted by Crippen LogP contribution is 2.45. The molecule has 0 aliphatic rings. The summed E-state index contributed by atoms with van der Waals surface area (Å²) < 4.78 is 68.8. The van der Waals surface area contributed by atoms with Crippen molar-refractivity contribution in [2.45, 2.75) is 452 Å². The summed E-state index contributed by atoms with van der Waals surface area (Å²) in [5.74, 6) is -0.409. The maximum absolute atomic E-state index is 13.1. The van der Waals surface area contributed by atoms with Crippen LogP contribution in [0.3, 0.4) is 0 Å². The summed E-state index contributed by atoms with van der Waals surface area (Å²) in [5.41, 5.74) is 0. The molecule has 0 aromatic carbocycles. The molecule has 0 saturated heterocycles. The van der Waals surface area contributed by atoms with Crippen molar-refractivity contribution >= 4 is 39.5 Å². The standard InChI is InChI=1S/C82H160O17P2/c1-7-11-13-15-17-19-21-22-29-36-42-48-54-60-66-81(86)98-77(70-92-79(84)64-58-52-46-40-32-20-18-16-14-12-8-2)72-96-100(88,89)94-68-76(83)69-95-101(90,91)97-73-78(99-82(87)67-61-55-49-43-37-31-26-24-28-34-39-45-51-57-63-75(6)10-4)71-93-80(85)65-59-53-47-41-35-30-25-23-27-33-38-44-50-56-62-74(5)9-3/h74-78,83H,7-73H2,1-6H3,(H,88,89)(H,90,91)/t74?,75?,76-,77+,78+/m0/s1. The lowest BCUT2D eigenvalue weighted by molar-refractivity contribution is -0.161. The number of aliphatic hydroxyl groups excluding tert-OH is 1. The SMILES string of the molecule is CCCCCCCCCCCCCCCCC(=O)O[C@H](COC(=O)CCCCCCCCCCCCC)COP(=O)(O)OC[C@H](O)COP(=O)(O)OC[C@@H](COC(=O)CCCCCCCCCCCCCCCCC(C)CC)OC(=O)CCCCCCCCCCCCCCCCC(C)CC. The van der Waals surface area contributed by atoms with Gasteiger partial charge in [-0.05, 0) is 37.5 Å². The van der Waals surface area contributed by atoms with Crippen LogP contribution in [-0.2, 0) is 65.4 Å². The van der Waals surface area contributed by atoms with E-state index in [0.29, 0.717) is 25.7 Å². The van der Waals surface area contributed by atoms with E-state index in [1.54, 1.807) is 0 Å². The zero-order valence-electron chi connectivity index (χ0n) is 66.2. The van der Waals surface area contributed by atoms with Gasteiger partial charge in [0.15, 0.2) is 12.2 Å². The molecule has 0 aromatic rings. The Balaban J connectivity index is 5.25. The fourth-order valence-electron chi connectivity index (χ4n) is 12.6. The van der Waals surface area contributed by atoms with E-state index in [1.165, 1.54) is 250 Å². The molecule has 0 aliphatic carbocycles. The quantitative estimate of drug-likeness (QED) is 0.0222. The summed E-state index contributed by atoms with van der Waals surface area (Å²) in [6, 6.07) is 0. The zero-order chi connectivity index (χ0) is 74.2. The number of carbonyl (C=O) groups is 4. The molecule has 0 spiro atoms. The molecule has 0 aliphatic heterocycles. The maximum Gasteiger partial charge on any atom is 0.472 e. The van der Waals surface area contributed by atoms with Gasteiger partial charge in [-0.25, -0.2) is 9.13 Å². The van der Waals surface area contributed by atoms with E-state index >= 15 is 0 Å². The van der Waals surface area contributed by atoms with E-state index in [0.717, 1.165) is 102 Å². The smallest absolute Gasteiger partial charge is 0.462 e. The molecule has 0 aromatic heterocycles. The number of phosphoric ester groups is 2. The molecule has 19 heteroatoms. The highest BCUT2D eigenvalue weighted by Gasteiger charge is 2.30. The molecule has 0 bridgehead atoms. The zero-order valence-corrected chi connectivity index (χ0v) is 68.0. The second kappa shape index (κ2) is 73.6. The van der Waals surface area contributed by atoms with Gasteiger partial charge < -0.3 is 33.8 Å². The van der Waals surface area contributed by atoms with Gasteiger partial charge in [0.05, 0.1) is 26.4 Å². The van der Waals surface area contributed by atoms with Crippen molar-refractivity contribution in [3.63, 3.8) is 0 Å². The number of unbranched alkanes of at least 4 members (excludes halogenated alkanes) is 49. The monoisotopic (exact) mass is 1480 g/mol. The van der Waals surface area contributed by atoms with Crippen LogP contribution in [0.5, 0.6) is 0 Å². The van der Waals surface area contributed by atoms with E-state index in [2.05, 4.69) is 41.5 Å². The topological polar surface area (TPSA) is 237 Å². The average molecular weight is 1480 g/mol. The molecule has 17 nitrogen and oxygen atoms in total. The Bertz CT molecular complexity index is 1950. The Kier molecular flexibility index (Phi) is 72.2. The van der Waals surface area contributed by atoms with Gasteiger partial charge in [-0.15, -0.1) is 0 Å². The van der Waals surface area contributed by atoms with E-state index in [4.69, 9.17) is 37.0 Å². The maximum atomic E-state index is 13.1. The van der Waals surface area contributed by atoms with Crippen LogP contribution in [0.2, 0.25) is 0 Å². The van der Waals surface area contributed by atoms with Gasteiger partial charge in [0.2, 0.25) is 0 Å². The lowest BCUT2D eigenvalue weighted by atomic mass is 9.99. The molecule has 7 atom stereocenters. The van der Waals surface area contributed by atoms with Crippen LogP contribution in [0.25, 0.3) is 0 Å². The van der Waals surface area contributed by atoms with Crippen molar-refractivity contribution in [1.29, 1.82) is 0 Å². The predicted octanol–water partition coefficient (Wildman–Crippen LogP) is 24.7. The van der Waals surface area contributed by atoms with Gasteiger partial charge in [-0.3, -0.25) is 37.3 Å². The summed E-state index contributed by atoms with van der Waals surface area (Å²) in [6.45, 7) is 9.76. The van der Waals surface area contributed by atoms with Gasteiger partial charge in [0, 0.05) is 25.7 Å². The van der Waals surface area contributed by atoms with Crippen LogP contribution in [0.1, 0.15) is 433 Å². The van der Waals surface area contributed by atoms with Gasteiger partial charge in [0.1, 0.15) is 19.3 Å². The molecule has 0 radical (unpaired) electrons. The van der Waals surface area contributed by atoms with Crippen molar-refractivity contribution in [2.75, 3.05) is 39.6 Å². The predicted molar refractivity (Wildman–Crippen MR) is 414 cm³/mol. The Morgan fingerprint density at radius 3 is 0.703 bits per heavy atom. The van der Waals surface area contributed by atoms with Gasteiger partial charge in [0.25, 0.3) is 0 Å². The minimum atomic E-state index is -4.96. The minimum Gasteiger partial charge on any atom is -0.462 e. The van der Waals surface area contributed by atoms with Crippen molar-refractivity contribution in [2.24, 2.45) is 11.8 Å². The summed E-state index contributed by atoms with van der Waals surface area (Å²) in [7, 11) is -9.92. The van der Waals surface area contributed by atoms with Crippen molar-refractivity contribution < 1.29 is 80.2 Å². The van der Waals surface area contributed by atoms with Crippen molar-refractivity contribution in [1.82, 2.24) is 0 Å². The normalized spacial score (nSPS) is 14.4. The van der Waals surface area contributed by atoms with E-state index in [-0.39, 0.29) is 25.7 Å². The third-order valence-electron chi connectivity index (χ3n) is 19.9. The number of esters is 4. The first-order valence-electron chi connectivity index (χ1n) is 42.6. The fraction of sp³-hybridized carbons (Fsp3) is 0.951. The number of aliphatic hydroxyl groups is 1. The van der Waals surface area contributed by atoms with Gasteiger partial charge in [-0.1, -0.05) is 382 Å². The number of ether oxygens (including phenoxy) is 4. The van der Waals surface area contributed by atoms with Crippen LogP contribution < -0.4 is 0 Å².